The molecule has 2 N–H and O–H groups in total. The van der Waals surface area contributed by atoms with E-state index in [4.69, 9.17) is 9.47 Å². The van der Waals surface area contributed by atoms with Crippen LogP contribution >= 0.6 is 0 Å². The van der Waals surface area contributed by atoms with Crippen molar-refractivity contribution in [1.29, 1.82) is 0 Å². The molecule has 7 rings (SSSR count). The number of nitrogens with one attached hydrogen (secondary N) is 2. The first-order valence-corrected chi connectivity index (χ1v) is 16.9. The van der Waals surface area contributed by atoms with E-state index in [9.17, 15) is 14.4 Å². The molecule has 4 fully saturated rings. The van der Waals surface area contributed by atoms with Crippen molar-refractivity contribution in [2.24, 2.45) is 11.8 Å². The van der Waals surface area contributed by atoms with Gasteiger partial charge < -0.3 is 34.8 Å². The van der Waals surface area contributed by atoms with Crippen molar-refractivity contribution in [2.45, 2.75) is 62.3 Å². The molecule has 1 aliphatic carbocycles. The number of rotatable bonds is 10. The number of hydrogen-bond acceptors (Lipinski definition) is 7. The third kappa shape index (κ3) is 6.06. The van der Waals surface area contributed by atoms with E-state index in [0.717, 1.165) is 70.6 Å². The van der Waals surface area contributed by atoms with Gasteiger partial charge in [0.2, 0.25) is 17.7 Å². The Hall–Kier alpha value is -3.73. The second kappa shape index (κ2) is 13.2. The third-order valence-corrected chi connectivity index (χ3v) is 10.4. The minimum absolute atomic E-state index is 0.106. The van der Waals surface area contributed by atoms with Gasteiger partial charge in [-0.15, -0.1) is 0 Å². The zero-order valence-electron chi connectivity index (χ0n) is 26.6. The molecule has 2 bridgehead atoms. The van der Waals surface area contributed by atoms with Crippen LogP contribution < -0.4 is 15.4 Å². The lowest BCUT2D eigenvalue weighted by molar-refractivity contribution is -0.141. The lowest BCUT2D eigenvalue weighted by Crippen LogP contribution is -2.56. The monoisotopic (exact) mass is 627 g/mol. The summed E-state index contributed by atoms with van der Waals surface area (Å²) in [4.78, 5) is 48.7. The van der Waals surface area contributed by atoms with Crippen molar-refractivity contribution >= 4 is 23.4 Å². The fourth-order valence-corrected chi connectivity index (χ4v) is 8.03. The van der Waals surface area contributed by atoms with Crippen molar-refractivity contribution in [1.82, 2.24) is 20.0 Å². The van der Waals surface area contributed by atoms with Crippen molar-refractivity contribution in [3.63, 3.8) is 0 Å². The highest BCUT2D eigenvalue weighted by Crippen LogP contribution is 2.55. The summed E-state index contributed by atoms with van der Waals surface area (Å²) in [5.74, 6) is -0.718. The molecule has 0 radical (unpaired) electrons. The van der Waals surface area contributed by atoms with Crippen LogP contribution in [0.4, 0.5) is 5.69 Å². The average molecular weight is 628 g/mol. The molecule has 4 aliphatic heterocycles. The van der Waals surface area contributed by atoms with Gasteiger partial charge in [-0.1, -0.05) is 49.6 Å². The number of piperazine rings is 1. The van der Waals surface area contributed by atoms with Crippen LogP contribution in [0.15, 0.2) is 66.7 Å². The molecule has 46 heavy (non-hydrogen) atoms. The van der Waals surface area contributed by atoms with Crippen LogP contribution in [0.2, 0.25) is 0 Å². The molecule has 2 aromatic carbocycles. The van der Waals surface area contributed by atoms with Gasteiger partial charge in [0.15, 0.2) is 0 Å². The van der Waals surface area contributed by atoms with Crippen molar-refractivity contribution in [3.05, 3.63) is 66.7 Å². The van der Waals surface area contributed by atoms with Gasteiger partial charge >= 0.3 is 0 Å². The lowest BCUT2D eigenvalue weighted by atomic mass is 9.74. The number of nitrogens with zero attached hydrogens (tertiary/aromatic N) is 3. The highest BCUT2D eigenvalue weighted by atomic mass is 16.5. The number of amides is 3. The van der Waals surface area contributed by atoms with Crippen molar-refractivity contribution in [3.8, 4) is 11.5 Å². The number of para-hydroxylation sites is 1. The number of likely N-dealkylation sites (tertiary alicyclic amines) is 1. The zero-order valence-corrected chi connectivity index (χ0v) is 26.6. The Labute approximate surface area is 271 Å². The van der Waals surface area contributed by atoms with E-state index >= 15 is 0 Å². The van der Waals surface area contributed by atoms with E-state index in [0.29, 0.717) is 18.0 Å². The molecule has 5 aliphatic rings. The number of fused-ring (bicyclic) bond motifs is 1. The number of hydrogen-bond donors (Lipinski definition) is 2. The topological polar surface area (TPSA) is 103 Å². The molecule has 0 aromatic heterocycles. The van der Waals surface area contributed by atoms with Crippen LogP contribution in [-0.2, 0) is 19.1 Å². The van der Waals surface area contributed by atoms with Crippen LogP contribution in [0.1, 0.15) is 38.5 Å². The molecule has 244 valence electrons. The standard InChI is InChI=1S/C36H45N5O5/c1-39-21-23-40(24-22-39)19-8-20-41-32(34(43)38-25-9-4-2-5-10-25)36-18-17-29(46-36)30(31(36)35(41)44)33(42)37-26-13-15-28(16-14-26)45-27-11-6-3-7-12-27/h3,6-7,11-18,25,29-32H,2,4-5,8-10,19-24H2,1H3,(H,37,42)(H,38,43)/t29-,30?,31-,32?,36?/m0/s1. The Morgan fingerprint density at radius 2 is 1.63 bits per heavy atom. The Morgan fingerprint density at radius 1 is 0.913 bits per heavy atom. The van der Waals surface area contributed by atoms with E-state index in [-0.39, 0.29) is 23.8 Å². The number of anilines is 1. The smallest absolute Gasteiger partial charge is 0.246 e. The summed E-state index contributed by atoms with van der Waals surface area (Å²) in [7, 11) is 2.14. The predicted molar refractivity (Wildman–Crippen MR) is 174 cm³/mol. The van der Waals surface area contributed by atoms with Crippen LogP contribution in [0, 0.1) is 11.8 Å². The molecule has 1 saturated carbocycles. The number of carbonyl (C=O) groups excluding carboxylic acids is 3. The Morgan fingerprint density at radius 3 is 2.37 bits per heavy atom. The average Bonchev–Trinajstić information content (AvgIpc) is 3.71. The first-order chi connectivity index (χ1) is 22.4. The Kier molecular flexibility index (Phi) is 8.85. The minimum Gasteiger partial charge on any atom is -0.457 e. The van der Waals surface area contributed by atoms with E-state index in [2.05, 4.69) is 27.5 Å². The molecule has 3 amide bonds. The molecular formula is C36H45N5O5. The summed E-state index contributed by atoms with van der Waals surface area (Å²) in [6.45, 7) is 5.36. The highest BCUT2D eigenvalue weighted by Gasteiger charge is 2.72. The second-order valence-corrected chi connectivity index (χ2v) is 13.5. The summed E-state index contributed by atoms with van der Waals surface area (Å²) in [6, 6.07) is 16.0. The molecule has 3 unspecified atom stereocenters. The summed E-state index contributed by atoms with van der Waals surface area (Å²) in [5.41, 5.74) is -0.545. The number of ether oxygens (including phenoxy) is 2. The molecule has 10 nitrogen and oxygen atoms in total. The maximum absolute atomic E-state index is 14.3. The molecule has 3 saturated heterocycles. The fraction of sp³-hybridized carbons (Fsp3) is 0.528. The maximum atomic E-state index is 14.3. The molecule has 4 heterocycles. The van der Waals surface area contributed by atoms with Gasteiger partial charge in [0.25, 0.3) is 0 Å². The molecule has 2 aromatic rings. The summed E-state index contributed by atoms with van der Waals surface area (Å²) in [5, 5.41) is 6.29. The molecular weight excluding hydrogens is 582 g/mol. The van der Waals surface area contributed by atoms with Crippen molar-refractivity contribution in [2.75, 3.05) is 51.6 Å². The lowest BCUT2D eigenvalue weighted by Gasteiger charge is -2.35. The van der Waals surface area contributed by atoms with Gasteiger partial charge in [-0.05, 0) is 69.3 Å². The van der Waals surface area contributed by atoms with Gasteiger partial charge in [-0.2, -0.15) is 0 Å². The largest absolute Gasteiger partial charge is 0.457 e. The second-order valence-electron chi connectivity index (χ2n) is 13.5. The summed E-state index contributed by atoms with van der Waals surface area (Å²) >= 11 is 0. The van der Waals surface area contributed by atoms with Crippen molar-refractivity contribution < 1.29 is 23.9 Å². The third-order valence-electron chi connectivity index (χ3n) is 10.4. The Bertz CT molecular complexity index is 1440. The fourth-order valence-electron chi connectivity index (χ4n) is 8.03. The number of likely N-dealkylation sites (N-methyl/N-ethyl adjacent to an activating group) is 1. The first-order valence-electron chi connectivity index (χ1n) is 16.9. The van der Waals surface area contributed by atoms with Gasteiger partial charge in [-0.3, -0.25) is 14.4 Å². The van der Waals surface area contributed by atoms with E-state index in [1.165, 1.54) is 6.42 Å². The van der Waals surface area contributed by atoms with Crippen LogP contribution in [0.3, 0.4) is 0 Å². The maximum Gasteiger partial charge on any atom is 0.246 e. The quantitative estimate of drug-likeness (QED) is 0.388. The SMILES string of the molecule is CN1CCN(CCCN2C(=O)[C@@H]3C(C(=O)Nc4ccc(Oc5ccccc5)cc4)[C@@H]4C=CC3(O4)C2C(=O)NC2CCCCC2)CC1. The van der Waals surface area contributed by atoms with E-state index in [1.807, 2.05) is 42.5 Å². The van der Waals surface area contributed by atoms with Gasteiger partial charge in [-0.25, -0.2) is 0 Å². The molecule has 1 spiro atoms. The predicted octanol–water partition coefficient (Wildman–Crippen LogP) is 3.65. The van der Waals surface area contributed by atoms with E-state index in [1.54, 1.807) is 29.2 Å². The minimum atomic E-state index is -1.15. The molecule has 10 heteroatoms. The zero-order chi connectivity index (χ0) is 31.7. The highest BCUT2D eigenvalue weighted by molar-refractivity contribution is 6.02. The normalized spacial score (nSPS) is 29.6. The number of benzene rings is 2. The van der Waals surface area contributed by atoms with Crippen LogP contribution in [0.25, 0.3) is 0 Å². The first kappa shape index (κ1) is 30.9. The van der Waals surface area contributed by atoms with Gasteiger partial charge in [0, 0.05) is 44.5 Å². The summed E-state index contributed by atoms with van der Waals surface area (Å²) in [6.07, 6.45) is 9.24. The number of carbonyl (C=O) groups is 3. The van der Waals surface area contributed by atoms with Crippen LogP contribution in [0.5, 0.6) is 11.5 Å². The Balaban J connectivity index is 1.07. The van der Waals surface area contributed by atoms with Gasteiger partial charge in [0.1, 0.15) is 23.1 Å². The van der Waals surface area contributed by atoms with Gasteiger partial charge in [0.05, 0.1) is 17.9 Å². The summed E-state index contributed by atoms with van der Waals surface area (Å²) < 4.78 is 12.4. The van der Waals surface area contributed by atoms with Crippen LogP contribution in [-0.4, -0.2) is 103 Å². The molecule has 5 atom stereocenters. The van der Waals surface area contributed by atoms with E-state index < -0.39 is 29.6 Å².